The Kier molecular flexibility index (Phi) is 6.48. The van der Waals surface area contributed by atoms with Crippen LogP contribution in [0.15, 0.2) is 21.3 Å². The minimum Gasteiger partial charge on any atom is -0.342 e. The molecule has 2 heterocycles. The zero-order valence-corrected chi connectivity index (χ0v) is 15.0. The fourth-order valence-electron chi connectivity index (χ4n) is 2.24. The van der Waals surface area contributed by atoms with Gasteiger partial charge in [0.15, 0.2) is 0 Å². The third-order valence-electron chi connectivity index (χ3n) is 3.71. The van der Waals surface area contributed by atoms with E-state index in [9.17, 15) is 9.59 Å². The fraction of sp³-hybridized carbons (Fsp3) is 0.500. The Morgan fingerprint density at radius 3 is 2.62 bits per heavy atom. The van der Waals surface area contributed by atoms with Gasteiger partial charge in [0.2, 0.25) is 23.5 Å². The molecule has 0 N–H and O–H groups in total. The Bertz CT molecular complexity index is 665. The predicted molar refractivity (Wildman–Crippen MR) is 91.5 cm³/mol. The van der Waals surface area contributed by atoms with Crippen molar-refractivity contribution in [2.45, 2.75) is 26.7 Å². The monoisotopic (exact) mass is 350 g/mol. The lowest BCUT2D eigenvalue weighted by molar-refractivity contribution is -0.139. The molecule has 130 valence electrons. The van der Waals surface area contributed by atoms with Crippen LogP contribution in [0.25, 0.3) is 11.4 Å². The lowest BCUT2D eigenvalue weighted by Crippen LogP contribution is -2.41. The number of aromatic nitrogens is 2. The van der Waals surface area contributed by atoms with Gasteiger partial charge < -0.3 is 14.3 Å². The molecular formula is C16H22N4O3S. The van der Waals surface area contributed by atoms with Crippen LogP contribution in [-0.4, -0.2) is 58.4 Å². The number of carbonyl (C=O) groups excluding carboxylic acids is 2. The number of rotatable bonds is 8. The molecule has 0 aliphatic rings. The van der Waals surface area contributed by atoms with Crippen LogP contribution < -0.4 is 0 Å². The van der Waals surface area contributed by atoms with Crippen LogP contribution in [0.1, 0.15) is 26.2 Å². The summed E-state index contributed by atoms with van der Waals surface area (Å²) >= 11 is 1.56. The van der Waals surface area contributed by atoms with Crippen molar-refractivity contribution in [1.82, 2.24) is 19.9 Å². The summed E-state index contributed by atoms with van der Waals surface area (Å²) < 4.78 is 5.17. The number of hydrogen-bond acceptors (Lipinski definition) is 6. The van der Waals surface area contributed by atoms with E-state index in [4.69, 9.17) is 4.52 Å². The zero-order chi connectivity index (χ0) is 17.5. The number of hydrogen-bond donors (Lipinski definition) is 0. The standard InChI is InChI=1S/C16H22N4O3S/c1-4-20(5-2)15(22)10-19(3)14(21)7-6-13-17-16(18-23-13)12-8-9-24-11-12/h8-9,11H,4-7,10H2,1-3H3. The summed E-state index contributed by atoms with van der Waals surface area (Å²) in [5.74, 6) is 0.788. The maximum atomic E-state index is 12.2. The van der Waals surface area contributed by atoms with Crippen molar-refractivity contribution < 1.29 is 14.1 Å². The molecule has 0 spiro atoms. The highest BCUT2D eigenvalue weighted by atomic mass is 32.1. The van der Waals surface area contributed by atoms with Gasteiger partial charge in [-0.3, -0.25) is 9.59 Å². The Labute approximate surface area is 145 Å². The lowest BCUT2D eigenvalue weighted by atomic mass is 10.2. The highest BCUT2D eigenvalue weighted by molar-refractivity contribution is 7.08. The zero-order valence-electron chi connectivity index (χ0n) is 14.2. The van der Waals surface area contributed by atoms with Crippen molar-refractivity contribution in [3.8, 4) is 11.4 Å². The van der Waals surface area contributed by atoms with Crippen molar-refractivity contribution in [3.05, 3.63) is 22.7 Å². The summed E-state index contributed by atoms with van der Waals surface area (Å²) in [4.78, 5) is 31.6. The lowest BCUT2D eigenvalue weighted by Gasteiger charge is -2.23. The van der Waals surface area contributed by atoms with E-state index in [1.165, 1.54) is 4.90 Å². The van der Waals surface area contributed by atoms with E-state index in [1.807, 2.05) is 30.7 Å². The number of aryl methyl sites for hydroxylation is 1. The van der Waals surface area contributed by atoms with Crippen molar-refractivity contribution >= 4 is 23.2 Å². The number of likely N-dealkylation sites (N-methyl/N-ethyl adjacent to an activating group) is 2. The molecule has 0 bridgehead atoms. The number of carbonyl (C=O) groups is 2. The summed E-state index contributed by atoms with van der Waals surface area (Å²) in [6, 6.07) is 1.91. The average Bonchev–Trinajstić information content (AvgIpc) is 3.24. The summed E-state index contributed by atoms with van der Waals surface area (Å²) in [7, 11) is 1.63. The minimum atomic E-state index is -0.120. The molecule has 0 aliphatic heterocycles. The topological polar surface area (TPSA) is 79.5 Å². The molecular weight excluding hydrogens is 328 g/mol. The first-order valence-electron chi connectivity index (χ1n) is 7.92. The first-order chi connectivity index (χ1) is 11.5. The maximum Gasteiger partial charge on any atom is 0.242 e. The SMILES string of the molecule is CCN(CC)C(=O)CN(C)C(=O)CCc1nc(-c2ccsc2)no1. The second-order valence-electron chi connectivity index (χ2n) is 5.34. The molecule has 0 fully saturated rings. The Hall–Kier alpha value is -2.22. The van der Waals surface area contributed by atoms with Crippen LogP contribution in [-0.2, 0) is 16.0 Å². The van der Waals surface area contributed by atoms with Gasteiger partial charge in [-0.2, -0.15) is 16.3 Å². The van der Waals surface area contributed by atoms with Crippen LogP contribution in [0.2, 0.25) is 0 Å². The van der Waals surface area contributed by atoms with Gasteiger partial charge in [-0.05, 0) is 25.3 Å². The molecule has 7 nitrogen and oxygen atoms in total. The predicted octanol–water partition coefficient (Wildman–Crippen LogP) is 2.06. The molecule has 0 radical (unpaired) electrons. The van der Waals surface area contributed by atoms with Gasteiger partial charge in [-0.1, -0.05) is 5.16 Å². The van der Waals surface area contributed by atoms with E-state index < -0.39 is 0 Å². The summed E-state index contributed by atoms with van der Waals surface area (Å²) in [5, 5.41) is 7.79. The van der Waals surface area contributed by atoms with Crippen molar-refractivity contribution in [2.75, 3.05) is 26.7 Å². The van der Waals surface area contributed by atoms with Crippen molar-refractivity contribution in [3.63, 3.8) is 0 Å². The third kappa shape index (κ3) is 4.64. The minimum absolute atomic E-state index is 0.0478. The van der Waals surface area contributed by atoms with E-state index >= 15 is 0 Å². The molecule has 0 saturated carbocycles. The smallest absolute Gasteiger partial charge is 0.242 e. The maximum absolute atomic E-state index is 12.2. The van der Waals surface area contributed by atoms with E-state index in [2.05, 4.69) is 10.1 Å². The van der Waals surface area contributed by atoms with Crippen LogP contribution in [0.5, 0.6) is 0 Å². The quantitative estimate of drug-likeness (QED) is 0.728. The summed E-state index contributed by atoms with van der Waals surface area (Å²) in [5.41, 5.74) is 0.906. The molecule has 8 heteroatoms. The Morgan fingerprint density at radius 1 is 1.25 bits per heavy atom. The molecule has 0 aliphatic carbocycles. The van der Waals surface area contributed by atoms with Gasteiger partial charge in [0.1, 0.15) is 0 Å². The summed E-state index contributed by atoms with van der Waals surface area (Å²) in [6.07, 6.45) is 0.590. The van der Waals surface area contributed by atoms with Gasteiger partial charge in [0.05, 0.1) is 6.54 Å². The van der Waals surface area contributed by atoms with Crippen LogP contribution in [0.3, 0.4) is 0 Å². The van der Waals surface area contributed by atoms with Gasteiger partial charge >= 0.3 is 0 Å². The molecule has 0 saturated heterocycles. The van der Waals surface area contributed by atoms with Crippen LogP contribution in [0, 0.1) is 0 Å². The number of nitrogens with zero attached hydrogens (tertiary/aromatic N) is 4. The van der Waals surface area contributed by atoms with Crippen molar-refractivity contribution in [1.29, 1.82) is 0 Å². The van der Waals surface area contributed by atoms with Gasteiger partial charge in [0, 0.05) is 43.9 Å². The van der Waals surface area contributed by atoms with E-state index in [1.54, 1.807) is 23.3 Å². The second kappa shape index (κ2) is 8.58. The fourth-order valence-corrected chi connectivity index (χ4v) is 2.87. The summed E-state index contributed by atoms with van der Waals surface area (Å²) in [6.45, 7) is 5.22. The van der Waals surface area contributed by atoms with E-state index in [-0.39, 0.29) is 24.8 Å². The third-order valence-corrected chi connectivity index (χ3v) is 4.40. The van der Waals surface area contributed by atoms with Gasteiger partial charge in [-0.25, -0.2) is 0 Å². The molecule has 24 heavy (non-hydrogen) atoms. The highest BCUT2D eigenvalue weighted by Crippen LogP contribution is 2.19. The average molecular weight is 350 g/mol. The Morgan fingerprint density at radius 2 is 2.00 bits per heavy atom. The second-order valence-corrected chi connectivity index (χ2v) is 6.12. The molecule has 2 rings (SSSR count). The molecule has 2 aromatic rings. The first-order valence-corrected chi connectivity index (χ1v) is 8.86. The molecule has 2 aromatic heterocycles. The van der Waals surface area contributed by atoms with Crippen LogP contribution >= 0.6 is 11.3 Å². The first kappa shape index (κ1) is 18.1. The largest absolute Gasteiger partial charge is 0.342 e. The normalized spacial score (nSPS) is 10.6. The molecule has 2 amide bonds. The Balaban J connectivity index is 1.83. The number of amides is 2. The number of thiophene rings is 1. The van der Waals surface area contributed by atoms with Crippen LogP contribution in [0.4, 0.5) is 0 Å². The van der Waals surface area contributed by atoms with E-state index in [0.717, 1.165) is 5.56 Å². The van der Waals surface area contributed by atoms with Gasteiger partial charge in [0.25, 0.3) is 0 Å². The van der Waals surface area contributed by atoms with Gasteiger partial charge in [-0.15, -0.1) is 0 Å². The molecule has 0 atom stereocenters. The van der Waals surface area contributed by atoms with Crippen molar-refractivity contribution in [2.24, 2.45) is 0 Å². The molecule has 0 aromatic carbocycles. The highest BCUT2D eigenvalue weighted by Gasteiger charge is 2.17. The van der Waals surface area contributed by atoms with E-state index in [0.29, 0.717) is 31.2 Å². The molecule has 0 unspecified atom stereocenters.